The summed E-state index contributed by atoms with van der Waals surface area (Å²) in [6, 6.07) is 0. The Balaban J connectivity index is 2.29. The fraction of sp³-hybridized carbons (Fsp3) is 0.733. The van der Waals surface area contributed by atoms with Gasteiger partial charge >= 0.3 is 0 Å². The molecule has 4 nitrogen and oxygen atoms in total. The molecular formula is C15H26N4. The van der Waals surface area contributed by atoms with Gasteiger partial charge in [-0.1, -0.05) is 6.92 Å². The van der Waals surface area contributed by atoms with Crippen LogP contribution in [-0.2, 0) is 6.42 Å². The molecule has 1 aromatic heterocycles. The Labute approximate surface area is 116 Å². The van der Waals surface area contributed by atoms with E-state index in [9.17, 15) is 0 Å². The summed E-state index contributed by atoms with van der Waals surface area (Å²) in [6.07, 6.45) is 4.64. The Morgan fingerprint density at radius 3 is 2.37 bits per heavy atom. The zero-order valence-electron chi connectivity index (χ0n) is 12.8. The standard InChI is InChI=1S/C15H26N4/c1-6-7-12-17-13(16-5)10(2)14(18-12)19-15(3,4)11-8-9-11/h11H,6-9H2,1-5H3,(H2,16,17,18,19). The molecule has 0 radical (unpaired) electrons. The summed E-state index contributed by atoms with van der Waals surface area (Å²) >= 11 is 0. The molecule has 1 heterocycles. The summed E-state index contributed by atoms with van der Waals surface area (Å²) in [4.78, 5) is 9.27. The number of rotatable bonds is 6. The predicted molar refractivity (Wildman–Crippen MR) is 80.7 cm³/mol. The number of anilines is 2. The highest BCUT2D eigenvalue weighted by atomic mass is 15.1. The van der Waals surface area contributed by atoms with Crippen LogP contribution in [-0.4, -0.2) is 22.6 Å². The molecule has 4 heteroatoms. The summed E-state index contributed by atoms with van der Waals surface area (Å²) in [6.45, 7) is 8.77. The minimum Gasteiger partial charge on any atom is -0.373 e. The van der Waals surface area contributed by atoms with Crippen molar-refractivity contribution in [2.45, 2.75) is 58.9 Å². The van der Waals surface area contributed by atoms with E-state index in [0.29, 0.717) is 0 Å². The fourth-order valence-corrected chi connectivity index (χ4v) is 2.48. The minimum absolute atomic E-state index is 0.119. The maximum Gasteiger partial charge on any atom is 0.135 e. The highest BCUT2D eigenvalue weighted by Gasteiger charge is 2.38. The monoisotopic (exact) mass is 262 g/mol. The molecular weight excluding hydrogens is 236 g/mol. The Kier molecular flexibility index (Phi) is 3.97. The van der Waals surface area contributed by atoms with E-state index in [1.807, 2.05) is 7.05 Å². The molecule has 2 rings (SSSR count). The summed E-state index contributed by atoms with van der Waals surface area (Å²) in [7, 11) is 1.92. The van der Waals surface area contributed by atoms with E-state index < -0.39 is 0 Å². The maximum atomic E-state index is 4.70. The zero-order chi connectivity index (χ0) is 14.0. The lowest BCUT2D eigenvalue weighted by Crippen LogP contribution is -2.34. The Hall–Kier alpha value is -1.32. The molecule has 0 atom stereocenters. The first kappa shape index (κ1) is 14.1. The molecule has 1 aliphatic rings. The van der Waals surface area contributed by atoms with Crippen LogP contribution in [0.25, 0.3) is 0 Å². The van der Waals surface area contributed by atoms with Crippen molar-refractivity contribution in [3.8, 4) is 0 Å². The number of aromatic nitrogens is 2. The van der Waals surface area contributed by atoms with Gasteiger partial charge in [-0.3, -0.25) is 0 Å². The van der Waals surface area contributed by atoms with Gasteiger partial charge in [0.05, 0.1) is 0 Å². The SMILES string of the molecule is CCCc1nc(NC)c(C)c(NC(C)(C)C2CC2)n1. The highest BCUT2D eigenvalue weighted by molar-refractivity contribution is 5.58. The largest absolute Gasteiger partial charge is 0.373 e. The average Bonchev–Trinajstić information content (AvgIpc) is 3.17. The first-order valence-electron chi connectivity index (χ1n) is 7.31. The third kappa shape index (κ3) is 3.17. The molecule has 1 aliphatic carbocycles. The normalized spacial score (nSPS) is 15.4. The van der Waals surface area contributed by atoms with Gasteiger partial charge in [0, 0.05) is 24.6 Å². The van der Waals surface area contributed by atoms with Gasteiger partial charge < -0.3 is 10.6 Å². The smallest absolute Gasteiger partial charge is 0.135 e. The molecule has 0 unspecified atom stereocenters. The molecule has 0 aliphatic heterocycles. The van der Waals surface area contributed by atoms with Gasteiger partial charge in [0.25, 0.3) is 0 Å². The number of nitrogens with one attached hydrogen (secondary N) is 2. The maximum absolute atomic E-state index is 4.70. The number of hydrogen-bond donors (Lipinski definition) is 2. The van der Waals surface area contributed by atoms with E-state index in [4.69, 9.17) is 4.98 Å². The van der Waals surface area contributed by atoms with Crippen LogP contribution in [0.4, 0.5) is 11.6 Å². The van der Waals surface area contributed by atoms with Crippen molar-refractivity contribution in [3.63, 3.8) is 0 Å². The Morgan fingerprint density at radius 2 is 1.84 bits per heavy atom. The van der Waals surface area contributed by atoms with E-state index >= 15 is 0 Å². The third-order valence-electron chi connectivity index (χ3n) is 3.94. The molecule has 19 heavy (non-hydrogen) atoms. The van der Waals surface area contributed by atoms with E-state index in [1.54, 1.807) is 0 Å². The van der Waals surface area contributed by atoms with E-state index in [0.717, 1.165) is 41.8 Å². The lowest BCUT2D eigenvalue weighted by Gasteiger charge is -2.28. The number of hydrogen-bond acceptors (Lipinski definition) is 4. The van der Waals surface area contributed by atoms with Gasteiger partial charge in [-0.15, -0.1) is 0 Å². The van der Waals surface area contributed by atoms with E-state index in [2.05, 4.69) is 43.3 Å². The molecule has 0 aromatic carbocycles. The molecule has 0 spiro atoms. The van der Waals surface area contributed by atoms with E-state index in [-0.39, 0.29) is 5.54 Å². The second-order valence-corrected chi connectivity index (χ2v) is 6.08. The van der Waals surface area contributed by atoms with Crippen molar-refractivity contribution in [3.05, 3.63) is 11.4 Å². The highest BCUT2D eigenvalue weighted by Crippen LogP contribution is 2.41. The molecule has 106 valence electrons. The molecule has 0 saturated heterocycles. The van der Waals surface area contributed by atoms with Gasteiger partial charge in [-0.25, -0.2) is 9.97 Å². The number of aryl methyl sites for hydroxylation is 1. The van der Waals surface area contributed by atoms with Gasteiger partial charge in [0.15, 0.2) is 0 Å². The van der Waals surface area contributed by atoms with E-state index in [1.165, 1.54) is 12.8 Å². The topological polar surface area (TPSA) is 49.8 Å². The first-order chi connectivity index (χ1) is 8.97. The van der Waals surface area contributed by atoms with Crippen LogP contribution in [0.2, 0.25) is 0 Å². The minimum atomic E-state index is 0.119. The average molecular weight is 262 g/mol. The third-order valence-corrected chi connectivity index (χ3v) is 3.94. The molecule has 1 saturated carbocycles. The zero-order valence-corrected chi connectivity index (χ0v) is 12.8. The summed E-state index contributed by atoms with van der Waals surface area (Å²) in [5.41, 5.74) is 1.23. The van der Waals surface area contributed by atoms with Gasteiger partial charge in [-0.2, -0.15) is 0 Å². The van der Waals surface area contributed by atoms with Crippen LogP contribution in [0.5, 0.6) is 0 Å². The Morgan fingerprint density at radius 1 is 1.21 bits per heavy atom. The van der Waals surface area contributed by atoms with Crippen LogP contribution in [0.15, 0.2) is 0 Å². The second kappa shape index (κ2) is 5.35. The summed E-state index contributed by atoms with van der Waals surface area (Å²) in [5, 5.41) is 6.80. The van der Waals surface area contributed by atoms with Crippen LogP contribution in [0, 0.1) is 12.8 Å². The lowest BCUT2D eigenvalue weighted by molar-refractivity contribution is 0.491. The first-order valence-corrected chi connectivity index (χ1v) is 7.31. The van der Waals surface area contributed by atoms with Crippen LogP contribution in [0.1, 0.15) is 51.4 Å². The molecule has 0 bridgehead atoms. The lowest BCUT2D eigenvalue weighted by atomic mass is 9.98. The fourth-order valence-electron chi connectivity index (χ4n) is 2.48. The van der Waals surface area contributed by atoms with Gasteiger partial charge in [0.1, 0.15) is 17.5 Å². The molecule has 1 aromatic rings. The molecule has 2 N–H and O–H groups in total. The van der Waals surface area contributed by atoms with Crippen LogP contribution >= 0.6 is 0 Å². The van der Waals surface area contributed by atoms with Crippen molar-refractivity contribution >= 4 is 11.6 Å². The van der Waals surface area contributed by atoms with Crippen LogP contribution < -0.4 is 10.6 Å². The molecule has 1 fully saturated rings. The number of nitrogens with zero attached hydrogens (tertiary/aromatic N) is 2. The van der Waals surface area contributed by atoms with Crippen molar-refractivity contribution in [1.29, 1.82) is 0 Å². The van der Waals surface area contributed by atoms with Crippen LogP contribution in [0.3, 0.4) is 0 Å². The van der Waals surface area contributed by atoms with Gasteiger partial charge in [0.2, 0.25) is 0 Å². The van der Waals surface area contributed by atoms with Gasteiger partial charge in [-0.05, 0) is 46.0 Å². The van der Waals surface area contributed by atoms with Crippen molar-refractivity contribution < 1.29 is 0 Å². The van der Waals surface area contributed by atoms with Crippen molar-refractivity contribution in [2.24, 2.45) is 5.92 Å². The summed E-state index contributed by atoms with van der Waals surface area (Å²) in [5.74, 6) is 3.62. The van der Waals surface area contributed by atoms with Crippen molar-refractivity contribution in [1.82, 2.24) is 9.97 Å². The predicted octanol–water partition coefficient (Wildman–Crippen LogP) is 3.38. The summed E-state index contributed by atoms with van der Waals surface area (Å²) < 4.78 is 0. The quantitative estimate of drug-likeness (QED) is 0.825. The second-order valence-electron chi connectivity index (χ2n) is 6.08. The Bertz CT molecular complexity index is 450. The molecule has 0 amide bonds. The van der Waals surface area contributed by atoms with Crippen molar-refractivity contribution in [2.75, 3.05) is 17.7 Å².